The van der Waals surface area contributed by atoms with Gasteiger partial charge in [0.25, 0.3) is 5.91 Å². The van der Waals surface area contributed by atoms with Gasteiger partial charge in [0, 0.05) is 12.1 Å². The summed E-state index contributed by atoms with van der Waals surface area (Å²) in [6.45, 7) is 6.21. The first-order chi connectivity index (χ1) is 9.38. The van der Waals surface area contributed by atoms with Crippen LogP contribution < -0.4 is 20.5 Å². The zero-order chi connectivity index (χ0) is 15.3. The number of anilines is 1. The molecule has 0 aliphatic rings. The smallest absolute Gasteiger partial charge is 0.253 e. The van der Waals surface area contributed by atoms with E-state index >= 15 is 0 Å². The number of ether oxygens (including phenoxy) is 2. The minimum Gasteiger partial charge on any atom is -0.497 e. The molecule has 20 heavy (non-hydrogen) atoms. The summed E-state index contributed by atoms with van der Waals surface area (Å²) in [4.78, 5) is 12.3. The minimum atomic E-state index is -0.215. The van der Waals surface area contributed by atoms with Gasteiger partial charge in [0.15, 0.2) is 0 Å². The molecule has 1 rings (SSSR count). The van der Waals surface area contributed by atoms with Crippen LogP contribution in [0.2, 0.25) is 0 Å². The van der Waals surface area contributed by atoms with Crippen LogP contribution in [0.4, 0.5) is 5.69 Å². The quantitative estimate of drug-likeness (QED) is 0.785. The van der Waals surface area contributed by atoms with Crippen LogP contribution in [0.5, 0.6) is 11.5 Å². The average Bonchev–Trinajstić information content (AvgIpc) is 2.37. The van der Waals surface area contributed by atoms with Crippen LogP contribution in [0.15, 0.2) is 12.1 Å². The second kappa shape index (κ2) is 7.03. The van der Waals surface area contributed by atoms with Crippen molar-refractivity contribution in [3.63, 3.8) is 0 Å². The topological polar surface area (TPSA) is 73.6 Å². The predicted octanol–water partition coefficient (Wildman–Crippen LogP) is 2.45. The van der Waals surface area contributed by atoms with E-state index in [2.05, 4.69) is 19.2 Å². The lowest BCUT2D eigenvalue weighted by Crippen LogP contribution is -2.34. The highest BCUT2D eigenvalue weighted by Gasteiger charge is 2.17. The molecular formula is C15H24N2O3. The van der Waals surface area contributed by atoms with E-state index in [0.29, 0.717) is 28.7 Å². The van der Waals surface area contributed by atoms with Crippen molar-refractivity contribution in [1.29, 1.82) is 0 Å². The number of amides is 1. The van der Waals surface area contributed by atoms with Crippen LogP contribution >= 0.6 is 0 Å². The summed E-state index contributed by atoms with van der Waals surface area (Å²) in [6, 6.07) is 3.36. The fourth-order valence-corrected chi connectivity index (χ4v) is 2.14. The molecular weight excluding hydrogens is 256 g/mol. The first kappa shape index (κ1) is 16.1. The lowest BCUT2D eigenvalue weighted by Gasteiger charge is -2.18. The molecule has 1 aromatic carbocycles. The lowest BCUT2D eigenvalue weighted by molar-refractivity contribution is 0.0936. The van der Waals surface area contributed by atoms with E-state index in [1.165, 1.54) is 14.2 Å². The van der Waals surface area contributed by atoms with Crippen LogP contribution in [0.25, 0.3) is 0 Å². The second-order valence-electron chi connectivity index (χ2n) is 5.29. The van der Waals surface area contributed by atoms with E-state index < -0.39 is 0 Å². The largest absolute Gasteiger partial charge is 0.497 e. The van der Waals surface area contributed by atoms with E-state index in [1.807, 2.05) is 6.92 Å². The van der Waals surface area contributed by atoms with Crippen molar-refractivity contribution in [1.82, 2.24) is 5.32 Å². The Morgan fingerprint density at radius 2 is 1.90 bits per heavy atom. The van der Waals surface area contributed by atoms with E-state index in [4.69, 9.17) is 15.2 Å². The molecule has 0 aromatic heterocycles. The zero-order valence-electron chi connectivity index (χ0n) is 12.8. The number of hydrogen-bond donors (Lipinski definition) is 2. The Balaban J connectivity index is 2.97. The van der Waals surface area contributed by atoms with Crippen LogP contribution in [-0.4, -0.2) is 26.2 Å². The number of carbonyl (C=O) groups excluding carboxylic acids is 1. The molecule has 0 saturated carbocycles. The fraction of sp³-hybridized carbons (Fsp3) is 0.533. The van der Waals surface area contributed by atoms with Gasteiger partial charge in [-0.05, 0) is 25.3 Å². The minimum absolute atomic E-state index is 0.0825. The number of benzene rings is 1. The van der Waals surface area contributed by atoms with Crippen LogP contribution in [-0.2, 0) is 0 Å². The van der Waals surface area contributed by atoms with Crippen LogP contribution in [0.1, 0.15) is 37.6 Å². The number of carbonyl (C=O) groups is 1. The molecule has 0 radical (unpaired) electrons. The summed E-state index contributed by atoms with van der Waals surface area (Å²) in [5.41, 5.74) is 6.65. The van der Waals surface area contributed by atoms with Gasteiger partial charge in [-0.1, -0.05) is 13.8 Å². The number of methoxy groups -OCH3 is 2. The Labute approximate surface area is 120 Å². The summed E-state index contributed by atoms with van der Waals surface area (Å²) in [6.07, 6.45) is 0.909. The van der Waals surface area contributed by atoms with Gasteiger partial charge in [-0.15, -0.1) is 0 Å². The number of hydrogen-bond acceptors (Lipinski definition) is 4. The van der Waals surface area contributed by atoms with E-state index in [1.54, 1.807) is 12.1 Å². The highest BCUT2D eigenvalue weighted by Crippen LogP contribution is 2.31. The van der Waals surface area contributed by atoms with Gasteiger partial charge in [-0.2, -0.15) is 0 Å². The molecule has 1 atom stereocenters. The summed E-state index contributed by atoms with van der Waals surface area (Å²) in [5, 5.41) is 2.94. The highest BCUT2D eigenvalue weighted by atomic mass is 16.5. The van der Waals surface area contributed by atoms with Gasteiger partial charge < -0.3 is 20.5 Å². The van der Waals surface area contributed by atoms with E-state index in [0.717, 1.165) is 6.42 Å². The molecule has 3 N–H and O–H groups in total. The molecule has 112 valence electrons. The number of nitrogens with two attached hydrogens (primary N) is 1. The summed E-state index contributed by atoms with van der Waals surface area (Å²) in [5.74, 6) is 1.28. The van der Waals surface area contributed by atoms with Crippen molar-refractivity contribution in [2.24, 2.45) is 5.92 Å². The molecule has 0 aliphatic carbocycles. The van der Waals surface area contributed by atoms with Crippen molar-refractivity contribution < 1.29 is 14.3 Å². The number of nitrogens with one attached hydrogen (secondary N) is 1. The molecule has 0 bridgehead atoms. The molecule has 0 spiro atoms. The standard InChI is InChI=1S/C15H24N2O3/c1-9(2)6-10(3)17-15(18)12-7-11(19-4)8-13(20-5)14(12)16/h7-10H,6,16H2,1-5H3,(H,17,18). The van der Waals surface area contributed by atoms with Gasteiger partial charge in [0.1, 0.15) is 11.5 Å². The maximum absolute atomic E-state index is 12.3. The molecule has 0 aliphatic heterocycles. The number of nitrogen functional groups attached to an aromatic ring is 1. The molecule has 0 fully saturated rings. The second-order valence-corrected chi connectivity index (χ2v) is 5.29. The zero-order valence-corrected chi connectivity index (χ0v) is 12.8. The van der Waals surface area contributed by atoms with Crippen molar-refractivity contribution in [2.45, 2.75) is 33.2 Å². The average molecular weight is 280 g/mol. The summed E-state index contributed by atoms with van der Waals surface area (Å²) >= 11 is 0. The molecule has 1 amide bonds. The Bertz CT molecular complexity index is 472. The van der Waals surface area contributed by atoms with E-state index in [-0.39, 0.29) is 11.9 Å². The molecule has 5 nitrogen and oxygen atoms in total. The van der Waals surface area contributed by atoms with Crippen LogP contribution in [0.3, 0.4) is 0 Å². The van der Waals surface area contributed by atoms with Gasteiger partial charge in [-0.3, -0.25) is 4.79 Å². The Hall–Kier alpha value is -1.91. The molecule has 1 unspecified atom stereocenters. The predicted molar refractivity (Wildman–Crippen MR) is 80.3 cm³/mol. The van der Waals surface area contributed by atoms with E-state index in [9.17, 15) is 4.79 Å². The number of rotatable bonds is 6. The monoisotopic (exact) mass is 280 g/mol. The SMILES string of the molecule is COc1cc(OC)c(N)c(C(=O)NC(C)CC(C)C)c1. The molecule has 0 saturated heterocycles. The van der Waals surface area contributed by atoms with Crippen LogP contribution in [0, 0.1) is 5.92 Å². The summed E-state index contributed by atoms with van der Waals surface area (Å²) in [7, 11) is 3.04. The van der Waals surface area contributed by atoms with Gasteiger partial charge in [0.2, 0.25) is 0 Å². The molecule has 0 heterocycles. The van der Waals surface area contributed by atoms with Crippen molar-refractivity contribution >= 4 is 11.6 Å². The van der Waals surface area contributed by atoms with Crippen molar-refractivity contribution in [3.8, 4) is 11.5 Å². The third kappa shape index (κ3) is 4.05. The normalized spacial score (nSPS) is 12.1. The van der Waals surface area contributed by atoms with Crippen molar-refractivity contribution in [3.05, 3.63) is 17.7 Å². The molecule has 5 heteroatoms. The Morgan fingerprint density at radius 3 is 2.40 bits per heavy atom. The fourth-order valence-electron chi connectivity index (χ4n) is 2.14. The van der Waals surface area contributed by atoms with Crippen molar-refractivity contribution in [2.75, 3.05) is 20.0 Å². The van der Waals surface area contributed by atoms with Gasteiger partial charge in [-0.25, -0.2) is 0 Å². The van der Waals surface area contributed by atoms with Gasteiger partial charge >= 0.3 is 0 Å². The third-order valence-electron chi connectivity index (χ3n) is 3.02. The third-order valence-corrected chi connectivity index (χ3v) is 3.02. The maximum Gasteiger partial charge on any atom is 0.253 e. The van der Waals surface area contributed by atoms with Gasteiger partial charge in [0.05, 0.1) is 25.5 Å². The maximum atomic E-state index is 12.3. The Morgan fingerprint density at radius 1 is 1.25 bits per heavy atom. The first-order valence-corrected chi connectivity index (χ1v) is 6.71. The summed E-state index contributed by atoms with van der Waals surface area (Å²) < 4.78 is 10.3. The Kier molecular flexibility index (Phi) is 5.67. The first-order valence-electron chi connectivity index (χ1n) is 6.71. The highest BCUT2D eigenvalue weighted by molar-refractivity contribution is 6.01. The molecule has 1 aromatic rings. The lowest BCUT2D eigenvalue weighted by atomic mass is 10.0.